The number of nitriles is 2. The Kier molecular flexibility index (Phi) is 4.15. The summed E-state index contributed by atoms with van der Waals surface area (Å²) in [5, 5.41) is 21.1. The number of hydrogen-bond donors (Lipinski definition) is 1. The maximum absolute atomic E-state index is 8.40. The van der Waals surface area contributed by atoms with E-state index < -0.39 is 0 Å². The molecule has 15 heavy (non-hydrogen) atoms. The van der Waals surface area contributed by atoms with Crippen molar-refractivity contribution in [2.45, 2.75) is 6.54 Å². The first-order chi connectivity index (χ1) is 7.26. The molecule has 0 aromatic heterocycles. The van der Waals surface area contributed by atoms with Gasteiger partial charge in [0.15, 0.2) is 0 Å². The van der Waals surface area contributed by atoms with Crippen molar-refractivity contribution in [3.8, 4) is 12.1 Å². The maximum atomic E-state index is 8.40. The fourth-order valence-corrected chi connectivity index (χ4v) is 1.01. The highest BCUT2D eigenvalue weighted by molar-refractivity contribution is 6.30. The smallest absolute Gasteiger partial charge is 0.236 e. The number of benzene rings is 1. The minimum absolute atomic E-state index is 0.191. The zero-order valence-electron chi connectivity index (χ0n) is 7.74. The Morgan fingerprint density at radius 1 is 1.27 bits per heavy atom. The summed E-state index contributed by atoms with van der Waals surface area (Å²) in [5.41, 5.74) is 3.40. The Balaban J connectivity index is 2.53. The Morgan fingerprint density at radius 3 is 2.40 bits per heavy atom. The third-order valence-electron chi connectivity index (χ3n) is 1.60. The highest BCUT2D eigenvalue weighted by Crippen LogP contribution is 2.08. The first kappa shape index (κ1) is 11.0. The molecular formula is C10H7ClN4. The molecule has 1 N–H and O–H groups in total. The molecule has 0 heterocycles. The number of rotatable bonds is 3. The maximum Gasteiger partial charge on any atom is 0.236 e. The van der Waals surface area contributed by atoms with E-state index in [1.165, 1.54) is 0 Å². The van der Waals surface area contributed by atoms with Crippen LogP contribution in [-0.4, -0.2) is 5.71 Å². The molecule has 0 atom stereocenters. The van der Waals surface area contributed by atoms with Gasteiger partial charge in [0.05, 0.1) is 6.54 Å². The lowest BCUT2D eigenvalue weighted by atomic mass is 10.2. The number of nitrogens with zero attached hydrogens (tertiary/aromatic N) is 3. The largest absolute Gasteiger partial charge is 0.304 e. The van der Waals surface area contributed by atoms with Crippen molar-refractivity contribution in [2.75, 3.05) is 0 Å². The monoisotopic (exact) mass is 218 g/mol. The number of hydrazone groups is 1. The Morgan fingerprint density at radius 2 is 1.87 bits per heavy atom. The molecule has 0 bridgehead atoms. The van der Waals surface area contributed by atoms with Crippen LogP contribution >= 0.6 is 11.6 Å². The summed E-state index contributed by atoms with van der Waals surface area (Å²) >= 11 is 5.71. The van der Waals surface area contributed by atoms with Crippen LogP contribution in [0.15, 0.2) is 29.4 Å². The van der Waals surface area contributed by atoms with Crippen LogP contribution in [0, 0.1) is 22.7 Å². The lowest BCUT2D eigenvalue weighted by Gasteiger charge is -1.99. The van der Waals surface area contributed by atoms with E-state index in [1.54, 1.807) is 24.3 Å². The topological polar surface area (TPSA) is 72.0 Å². The highest BCUT2D eigenvalue weighted by Gasteiger charge is 1.94. The third kappa shape index (κ3) is 3.68. The van der Waals surface area contributed by atoms with Gasteiger partial charge >= 0.3 is 0 Å². The van der Waals surface area contributed by atoms with Crippen molar-refractivity contribution in [3.63, 3.8) is 0 Å². The normalized spacial score (nSPS) is 8.47. The molecule has 1 aromatic rings. The van der Waals surface area contributed by atoms with Gasteiger partial charge in [-0.25, -0.2) is 0 Å². The van der Waals surface area contributed by atoms with Crippen molar-refractivity contribution in [1.82, 2.24) is 5.43 Å². The first-order valence-electron chi connectivity index (χ1n) is 4.11. The Hall–Kier alpha value is -2.04. The number of nitrogens with one attached hydrogen (secondary N) is 1. The van der Waals surface area contributed by atoms with Crippen LogP contribution in [0.5, 0.6) is 0 Å². The fraction of sp³-hybridized carbons (Fsp3) is 0.100. The predicted molar refractivity (Wildman–Crippen MR) is 57.0 cm³/mol. The van der Waals surface area contributed by atoms with Gasteiger partial charge in [0.2, 0.25) is 5.71 Å². The Labute approximate surface area is 92.4 Å². The van der Waals surface area contributed by atoms with Gasteiger partial charge in [-0.3, -0.25) is 0 Å². The van der Waals surface area contributed by atoms with E-state index in [2.05, 4.69) is 10.5 Å². The van der Waals surface area contributed by atoms with Crippen molar-refractivity contribution in [2.24, 2.45) is 5.10 Å². The molecule has 0 aliphatic carbocycles. The molecule has 0 unspecified atom stereocenters. The number of hydrogen-bond acceptors (Lipinski definition) is 4. The zero-order chi connectivity index (χ0) is 11.1. The minimum Gasteiger partial charge on any atom is -0.304 e. The first-order valence-corrected chi connectivity index (χ1v) is 4.49. The second-order valence-corrected chi connectivity index (χ2v) is 3.08. The predicted octanol–water partition coefficient (Wildman–Crippen LogP) is 1.83. The van der Waals surface area contributed by atoms with Crippen LogP contribution in [-0.2, 0) is 6.54 Å². The van der Waals surface area contributed by atoms with E-state index in [0.717, 1.165) is 5.56 Å². The Bertz CT molecular complexity index is 420. The average molecular weight is 219 g/mol. The van der Waals surface area contributed by atoms with Gasteiger partial charge in [-0.15, -0.1) is 0 Å². The van der Waals surface area contributed by atoms with Crippen LogP contribution in [0.3, 0.4) is 0 Å². The number of halogens is 1. The van der Waals surface area contributed by atoms with Gasteiger partial charge in [0.25, 0.3) is 0 Å². The summed E-state index contributed by atoms with van der Waals surface area (Å²) in [6.07, 6.45) is 0. The standard InChI is InChI=1S/C10H7ClN4/c11-9-3-1-8(2-4-9)7-14-15-10(5-12)6-13/h1-4,14H,7H2. The molecule has 74 valence electrons. The average Bonchev–Trinajstić information content (AvgIpc) is 2.27. The molecule has 1 rings (SSSR count). The highest BCUT2D eigenvalue weighted by atomic mass is 35.5. The third-order valence-corrected chi connectivity index (χ3v) is 1.85. The molecule has 0 radical (unpaired) electrons. The van der Waals surface area contributed by atoms with Crippen molar-refractivity contribution in [1.29, 1.82) is 10.5 Å². The van der Waals surface area contributed by atoms with Crippen LogP contribution in [0.4, 0.5) is 0 Å². The summed E-state index contributed by atoms with van der Waals surface area (Å²) in [6, 6.07) is 10.5. The lowest BCUT2D eigenvalue weighted by Crippen LogP contribution is -2.08. The van der Waals surface area contributed by atoms with E-state index >= 15 is 0 Å². The minimum atomic E-state index is -0.191. The zero-order valence-corrected chi connectivity index (χ0v) is 8.49. The summed E-state index contributed by atoms with van der Waals surface area (Å²) in [4.78, 5) is 0. The van der Waals surface area contributed by atoms with Gasteiger partial charge in [0.1, 0.15) is 12.1 Å². The van der Waals surface area contributed by atoms with Gasteiger partial charge in [-0.1, -0.05) is 23.7 Å². The molecule has 0 amide bonds. The molecular weight excluding hydrogens is 212 g/mol. The van der Waals surface area contributed by atoms with Crippen molar-refractivity contribution >= 4 is 17.3 Å². The molecule has 0 fully saturated rings. The molecule has 0 aliphatic rings. The van der Waals surface area contributed by atoms with Crippen molar-refractivity contribution < 1.29 is 0 Å². The van der Waals surface area contributed by atoms with Crippen LogP contribution in [0.1, 0.15) is 5.56 Å². The molecule has 0 saturated heterocycles. The summed E-state index contributed by atoms with van der Waals surface area (Å²) in [7, 11) is 0. The summed E-state index contributed by atoms with van der Waals surface area (Å²) < 4.78 is 0. The van der Waals surface area contributed by atoms with Gasteiger partial charge < -0.3 is 5.43 Å². The quantitative estimate of drug-likeness (QED) is 0.622. The van der Waals surface area contributed by atoms with E-state index in [0.29, 0.717) is 11.6 Å². The van der Waals surface area contributed by atoms with E-state index in [-0.39, 0.29) is 5.71 Å². The van der Waals surface area contributed by atoms with E-state index in [1.807, 2.05) is 12.1 Å². The molecule has 0 spiro atoms. The van der Waals surface area contributed by atoms with Crippen LogP contribution in [0.2, 0.25) is 5.02 Å². The van der Waals surface area contributed by atoms with Crippen molar-refractivity contribution in [3.05, 3.63) is 34.9 Å². The molecule has 4 nitrogen and oxygen atoms in total. The SMILES string of the molecule is N#CC(C#N)=NNCc1ccc(Cl)cc1. The molecule has 1 aromatic carbocycles. The second kappa shape index (κ2) is 5.64. The summed E-state index contributed by atoms with van der Waals surface area (Å²) in [6.45, 7) is 0.448. The molecule has 0 aliphatic heterocycles. The van der Waals surface area contributed by atoms with Gasteiger partial charge in [0, 0.05) is 5.02 Å². The van der Waals surface area contributed by atoms with Gasteiger partial charge in [-0.2, -0.15) is 15.6 Å². The fourth-order valence-electron chi connectivity index (χ4n) is 0.887. The second-order valence-electron chi connectivity index (χ2n) is 2.65. The van der Waals surface area contributed by atoms with E-state index in [9.17, 15) is 0 Å². The molecule has 0 saturated carbocycles. The summed E-state index contributed by atoms with van der Waals surface area (Å²) in [5.74, 6) is 0. The van der Waals surface area contributed by atoms with Crippen LogP contribution in [0.25, 0.3) is 0 Å². The van der Waals surface area contributed by atoms with Crippen LogP contribution < -0.4 is 5.43 Å². The molecule has 5 heteroatoms. The lowest BCUT2D eigenvalue weighted by molar-refractivity contribution is 0.746. The van der Waals surface area contributed by atoms with E-state index in [4.69, 9.17) is 22.1 Å². The van der Waals surface area contributed by atoms with Gasteiger partial charge in [-0.05, 0) is 17.7 Å².